The molecule has 3 rings (SSSR count). The Kier molecular flexibility index (Phi) is 6.43. The highest BCUT2D eigenvalue weighted by Crippen LogP contribution is 2.35. The Hall–Kier alpha value is -2.90. The minimum atomic E-state index is -0.928. The predicted molar refractivity (Wildman–Crippen MR) is 112 cm³/mol. The van der Waals surface area contributed by atoms with Crippen molar-refractivity contribution in [1.82, 2.24) is 5.32 Å². The van der Waals surface area contributed by atoms with Gasteiger partial charge in [-0.25, -0.2) is 14.1 Å². The lowest BCUT2D eigenvalue weighted by Crippen LogP contribution is -2.54. The van der Waals surface area contributed by atoms with E-state index in [0.717, 1.165) is 17.0 Å². The fraction of sp³-hybridized carbons (Fsp3) is 0.190. The lowest BCUT2D eigenvalue weighted by atomic mass is 10.1. The summed E-state index contributed by atoms with van der Waals surface area (Å²) in [4.78, 5) is 38.0. The number of nitrogens with zero attached hydrogens (tertiary/aromatic N) is 1. The van der Waals surface area contributed by atoms with Crippen LogP contribution in [0.3, 0.4) is 0 Å². The smallest absolute Gasteiger partial charge is 0.335 e. The van der Waals surface area contributed by atoms with E-state index in [9.17, 15) is 18.8 Å². The Morgan fingerprint density at radius 2 is 1.70 bits per heavy atom. The fourth-order valence-corrected chi connectivity index (χ4v) is 3.31. The van der Waals surface area contributed by atoms with Crippen LogP contribution in [0, 0.1) is 11.7 Å². The number of amides is 4. The van der Waals surface area contributed by atoms with E-state index in [0.29, 0.717) is 17.9 Å². The monoisotopic (exact) mass is 450 g/mol. The third-order valence-corrected chi connectivity index (χ3v) is 4.64. The van der Waals surface area contributed by atoms with Crippen molar-refractivity contribution in [2.24, 2.45) is 5.92 Å². The van der Waals surface area contributed by atoms with Gasteiger partial charge in [-0.2, -0.15) is 0 Å². The molecule has 0 atom stereocenters. The summed E-state index contributed by atoms with van der Waals surface area (Å²) < 4.78 is 18.8. The summed E-state index contributed by atoms with van der Waals surface area (Å²) in [5.74, 6) is -1.69. The summed E-state index contributed by atoms with van der Waals surface area (Å²) in [5, 5.41) is 2.52. The Bertz CT molecular complexity index is 1030. The van der Waals surface area contributed by atoms with E-state index in [1.165, 1.54) is 30.3 Å². The molecule has 0 saturated carbocycles. The van der Waals surface area contributed by atoms with E-state index in [1.807, 2.05) is 13.8 Å². The molecule has 2 aromatic rings. The Morgan fingerprint density at radius 3 is 2.27 bits per heavy atom. The fourth-order valence-electron chi connectivity index (χ4n) is 2.70. The van der Waals surface area contributed by atoms with Gasteiger partial charge in [0, 0.05) is 0 Å². The Labute approximate surface area is 182 Å². The highest BCUT2D eigenvalue weighted by atomic mass is 35.5. The van der Waals surface area contributed by atoms with Gasteiger partial charge in [0.05, 0.1) is 22.3 Å². The lowest BCUT2D eigenvalue weighted by Gasteiger charge is -2.26. The van der Waals surface area contributed by atoms with Crippen molar-refractivity contribution in [3.63, 3.8) is 0 Å². The Morgan fingerprint density at radius 1 is 1.10 bits per heavy atom. The number of carbonyl (C=O) groups is 3. The van der Waals surface area contributed by atoms with Crippen LogP contribution in [0.1, 0.15) is 19.4 Å². The molecular weight excluding hydrogens is 434 g/mol. The number of barbiturate groups is 1. The zero-order valence-corrected chi connectivity index (χ0v) is 17.6. The summed E-state index contributed by atoms with van der Waals surface area (Å²) in [7, 11) is 0. The number of carbonyl (C=O) groups excluding carboxylic acids is 3. The van der Waals surface area contributed by atoms with Gasteiger partial charge in [-0.1, -0.05) is 37.0 Å². The van der Waals surface area contributed by atoms with Crippen molar-refractivity contribution < 1.29 is 23.5 Å². The van der Waals surface area contributed by atoms with E-state index in [2.05, 4.69) is 5.32 Å². The first-order chi connectivity index (χ1) is 14.2. The molecule has 0 radical (unpaired) electrons. The van der Waals surface area contributed by atoms with E-state index in [-0.39, 0.29) is 27.2 Å². The van der Waals surface area contributed by atoms with Crippen molar-refractivity contribution in [3.05, 3.63) is 63.4 Å². The molecule has 1 fully saturated rings. The quantitative estimate of drug-likeness (QED) is 0.522. The van der Waals surface area contributed by atoms with Gasteiger partial charge in [0.15, 0.2) is 5.75 Å². The molecule has 0 aromatic heterocycles. The van der Waals surface area contributed by atoms with Crippen LogP contribution in [-0.4, -0.2) is 24.5 Å². The second-order valence-electron chi connectivity index (χ2n) is 6.95. The molecule has 1 saturated heterocycles. The number of halogens is 3. The summed E-state index contributed by atoms with van der Waals surface area (Å²) in [6.45, 7) is 4.36. The maximum absolute atomic E-state index is 13.2. The van der Waals surface area contributed by atoms with Crippen LogP contribution < -0.4 is 15.0 Å². The van der Waals surface area contributed by atoms with Gasteiger partial charge in [0.25, 0.3) is 11.8 Å². The summed E-state index contributed by atoms with van der Waals surface area (Å²) in [6.07, 6.45) is 1.27. The highest BCUT2D eigenvalue weighted by Gasteiger charge is 2.36. The second-order valence-corrected chi connectivity index (χ2v) is 7.77. The number of urea groups is 1. The van der Waals surface area contributed by atoms with Gasteiger partial charge in [-0.3, -0.25) is 14.9 Å². The zero-order valence-electron chi connectivity index (χ0n) is 16.0. The van der Waals surface area contributed by atoms with E-state index in [4.69, 9.17) is 27.9 Å². The summed E-state index contributed by atoms with van der Waals surface area (Å²) >= 11 is 12.5. The average Bonchev–Trinajstić information content (AvgIpc) is 2.65. The highest BCUT2D eigenvalue weighted by molar-refractivity contribution is 6.40. The maximum Gasteiger partial charge on any atom is 0.335 e. The predicted octanol–water partition coefficient (Wildman–Crippen LogP) is 4.83. The van der Waals surface area contributed by atoms with Gasteiger partial charge in [-0.05, 0) is 54.0 Å². The largest absolute Gasteiger partial charge is 0.490 e. The molecule has 0 spiro atoms. The molecule has 4 amide bonds. The molecule has 0 aliphatic carbocycles. The second kappa shape index (κ2) is 8.85. The molecule has 1 aliphatic rings. The van der Waals surface area contributed by atoms with Crippen LogP contribution >= 0.6 is 23.2 Å². The first kappa shape index (κ1) is 21.8. The van der Waals surface area contributed by atoms with Gasteiger partial charge in [-0.15, -0.1) is 0 Å². The van der Waals surface area contributed by atoms with Crippen molar-refractivity contribution in [3.8, 4) is 5.75 Å². The molecule has 1 heterocycles. The zero-order chi connectivity index (χ0) is 22.0. The van der Waals surface area contributed by atoms with Gasteiger partial charge in [0.1, 0.15) is 11.4 Å². The molecule has 1 N–H and O–H groups in total. The number of rotatable bonds is 5. The lowest BCUT2D eigenvalue weighted by molar-refractivity contribution is -0.122. The average molecular weight is 451 g/mol. The van der Waals surface area contributed by atoms with Crippen molar-refractivity contribution in [2.75, 3.05) is 11.5 Å². The number of nitrogens with one attached hydrogen (secondary N) is 1. The minimum Gasteiger partial charge on any atom is -0.490 e. The normalized spacial score (nSPS) is 15.7. The number of ether oxygens (including phenoxy) is 1. The molecular formula is C21H17Cl2FN2O4. The summed E-state index contributed by atoms with van der Waals surface area (Å²) in [5.41, 5.74) is 0.182. The van der Waals surface area contributed by atoms with Crippen LogP contribution in [0.4, 0.5) is 14.9 Å². The van der Waals surface area contributed by atoms with Crippen molar-refractivity contribution in [2.45, 2.75) is 13.8 Å². The first-order valence-corrected chi connectivity index (χ1v) is 9.72. The molecule has 30 heavy (non-hydrogen) atoms. The van der Waals surface area contributed by atoms with Gasteiger partial charge in [0.2, 0.25) is 0 Å². The standard InChI is InChI=1S/C21H17Cl2FN2O4/c1-11(2)10-30-18-16(22)8-12(9-17(18)23)7-15-19(27)25-21(29)26(20(15)28)14-5-3-13(24)4-6-14/h3-9,11H,10H2,1-2H3,(H,25,27,29)/b15-7+. The SMILES string of the molecule is CC(C)COc1c(Cl)cc(/C=C2\C(=O)NC(=O)N(c3ccc(F)cc3)C2=O)cc1Cl. The first-order valence-electron chi connectivity index (χ1n) is 8.96. The molecule has 2 aromatic carbocycles. The Balaban J connectivity index is 1.95. The molecule has 9 heteroatoms. The van der Waals surface area contributed by atoms with Gasteiger partial charge < -0.3 is 4.74 Å². The molecule has 6 nitrogen and oxygen atoms in total. The number of hydrogen-bond acceptors (Lipinski definition) is 4. The van der Waals surface area contributed by atoms with Crippen LogP contribution in [0.15, 0.2) is 42.0 Å². The third kappa shape index (κ3) is 4.63. The molecule has 0 unspecified atom stereocenters. The number of benzene rings is 2. The third-order valence-electron chi connectivity index (χ3n) is 4.08. The number of imide groups is 2. The van der Waals surface area contributed by atoms with E-state index < -0.39 is 23.7 Å². The summed E-state index contributed by atoms with van der Waals surface area (Å²) in [6, 6.07) is 6.78. The minimum absolute atomic E-state index is 0.116. The van der Waals surface area contributed by atoms with E-state index >= 15 is 0 Å². The molecule has 1 aliphatic heterocycles. The van der Waals surface area contributed by atoms with E-state index in [1.54, 1.807) is 0 Å². The molecule has 0 bridgehead atoms. The maximum atomic E-state index is 13.2. The van der Waals surface area contributed by atoms with Crippen LogP contribution in [0.25, 0.3) is 6.08 Å². The van der Waals surface area contributed by atoms with Crippen LogP contribution in [0.5, 0.6) is 5.75 Å². The van der Waals surface area contributed by atoms with Crippen LogP contribution in [0.2, 0.25) is 10.0 Å². The number of anilines is 1. The molecule has 156 valence electrons. The van der Waals surface area contributed by atoms with Gasteiger partial charge >= 0.3 is 6.03 Å². The van der Waals surface area contributed by atoms with Crippen molar-refractivity contribution >= 4 is 52.8 Å². The van der Waals surface area contributed by atoms with Crippen LogP contribution in [-0.2, 0) is 9.59 Å². The topological polar surface area (TPSA) is 75.7 Å². The van der Waals surface area contributed by atoms with Crippen molar-refractivity contribution in [1.29, 1.82) is 0 Å². The number of hydrogen-bond donors (Lipinski definition) is 1.